The van der Waals surface area contributed by atoms with E-state index in [0.717, 1.165) is 26.9 Å². The molecule has 0 atom stereocenters. The molecule has 2 heterocycles. The molecule has 0 spiro atoms. The molecule has 0 amide bonds. The highest BCUT2D eigenvalue weighted by atomic mass is 35.5. The van der Waals surface area contributed by atoms with Gasteiger partial charge in [-0.2, -0.15) is 0 Å². The standard InChI is InChI=1S/C19H11Cl2FN2S/c20-13-5-1-11(2-6-13)9-16-23-18(21)17-15(10-25-19(17)24-16)12-3-7-14(22)8-4-12/h1-8,10H,9H2. The van der Waals surface area contributed by atoms with Crippen molar-refractivity contribution in [1.29, 1.82) is 0 Å². The minimum Gasteiger partial charge on any atom is -0.222 e. The van der Waals surface area contributed by atoms with E-state index in [2.05, 4.69) is 9.97 Å². The van der Waals surface area contributed by atoms with Crippen LogP contribution in [0, 0.1) is 5.82 Å². The Morgan fingerprint density at radius 3 is 2.36 bits per heavy atom. The second-order valence-corrected chi connectivity index (χ2v) is 7.22. The normalized spacial score (nSPS) is 11.2. The molecule has 6 heteroatoms. The Kier molecular flexibility index (Phi) is 4.42. The average molecular weight is 389 g/mol. The summed E-state index contributed by atoms with van der Waals surface area (Å²) in [6, 6.07) is 13.9. The molecule has 124 valence electrons. The number of thiophene rings is 1. The number of nitrogens with zero attached hydrogens (tertiary/aromatic N) is 2. The van der Waals surface area contributed by atoms with Crippen LogP contribution in [0.5, 0.6) is 0 Å². The third-order valence-electron chi connectivity index (χ3n) is 3.87. The Balaban J connectivity index is 1.74. The van der Waals surface area contributed by atoms with Crippen molar-refractivity contribution in [1.82, 2.24) is 9.97 Å². The van der Waals surface area contributed by atoms with Crippen LogP contribution in [0.25, 0.3) is 21.3 Å². The zero-order chi connectivity index (χ0) is 17.4. The molecule has 2 aromatic carbocycles. The van der Waals surface area contributed by atoms with Gasteiger partial charge in [-0.15, -0.1) is 11.3 Å². The molecule has 0 aliphatic heterocycles. The zero-order valence-corrected chi connectivity index (χ0v) is 15.2. The van der Waals surface area contributed by atoms with Crippen LogP contribution in [-0.4, -0.2) is 9.97 Å². The summed E-state index contributed by atoms with van der Waals surface area (Å²) in [5.74, 6) is 0.392. The molecule has 0 saturated heterocycles. The van der Waals surface area contributed by atoms with E-state index in [1.807, 2.05) is 29.6 Å². The van der Waals surface area contributed by atoms with Crippen LogP contribution in [0.2, 0.25) is 10.2 Å². The first-order chi connectivity index (χ1) is 12.1. The van der Waals surface area contributed by atoms with Crippen molar-refractivity contribution in [3.8, 4) is 11.1 Å². The van der Waals surface area contributed by atoms with Crippen LogP contribution in [-0.2, 0) is 6.42 Å². The Morgan fingerprint density at radius 1 is 0.920 bits per heavy atom. The highest BCUT2D eigenvalue weighted by Crippen LogP contribution is 2.36. The Labute approximate surface area is 157 Å². The van der Waals surface area contributed by atoms with Gasteiger partial charge in [-0.05, 0) is 35.4 Å². The first-order valence-corrected chi connectivity index (χ1v) is 9.18. The van der Waals surface area contributed by atoms with Gasteiger partial charge in [0.2, 0.25) is 0 Å². The lowest BCUT2D eigenvalue weighted by atomic mass is 10.1. The molecule has 0 saturated carbocycles. The summed E-state index contributed by atoms with van der Waals surface area (Å²) in [7, 11) is 0. The van der Waals surface area contributed by atoms with Gasteiger partial charge in [0.15, 0.2) is 0 Å². The molecule has 4 rings (SSSR count). The molecule has 0 unspecified atom stereocenters. The second kappa shape index (κ2) is 6.71. The van der Waals surface area contributed by atoms with Gasteiger partial charge in [0.25, 0.3) is 0 Å². The maximum atomic E-state index is 13.1. The number of hydrogen-bond acceptors (Lipinski definition) is 3. The third kappa shape index (κ3) is 3.38. The number of aromatic nitrogens is 2. The second-order valence-electron chi connectivity index (χ2n) is 5.57. The molecule has 4 aromatic rings. The van der Waals surface area contributed by atoms with E-state index < -0.39 is 0 Å². The smallest absolute Gasteiger partial charge is 0.142 e. The summed E-state index contributed by atoms with van der Waals surface area (Å²) in [6.45, 7) is 0. The molecular formula is C19H11Cl2FN2S. The van der Waals surface area contributed by atoms with E-state index in [0.29, 0.717) is 22.4 Å². The number of fused-ring (bicyclic) bond motifs is 1. The van der Waals surface area contributed by atoms with E-state index in [9.17, 15) is 4.39 Å². The fraction of sp³-hybridized carbons (Fsp3) is 0.0526. The molecule has 0 fully saturated rings. The largest absolute Gasteiger partial charge is 0.222 e. The highest BCUT2D eigenvalue weighted by Gasteiger charge is 2.14. The number of rotatable bonds is 3. The minimum atomic E-state index is -0.268. The van der Waals surface area contributed by atoms with E-state index in [-0.39, 0.29) is 5.82 Å². The first kappa shape index (κ1) is 16.5. The number of hydrogen-bond donors (Lipinski definition) is 0. The lowest BCUT2D eigenvalue weighted by Gasteiger charge is -2.05. The number of halogens is 3. The molecule has 2 aromatic heterocycles. The molecule has 25 heavy (non-hydrogen) atoms. The summed E-state index contributed by atoms with van der Waals surface area (Å²) in [4.78, 5) is 9.90. The SMILES string of the molecule is Fc1ccc(-c2csc3nc(Cc4ccc(Cl)cc4)nc(Cl)c23)cc1. The molecule has 0 bridgehead atoms. The van der Waals surface area contributed by atoms with E-state index in [4.69, 9.17) is 23.2 Å². The van der Waals surface area contributed by atoms with Crippen LogP contribution < -0.4 is 0 Å². The first-order valence-electron chi connectivity index (χ1n) is 7.54. The van der Waals surface area contributed by atoms with Crippen LogP contribution in [0.1, 0.15) is 11.4 Å². The van der Waals surface area contributed by atoms with Crippen molar-refractivity contribution in [3.05, 3.63) is 81.3 Å². The maximum absolute atomic E-state index is 13.1. The molecule has 0 aliphatic carbocycles. The van der Waals surface area contributed by atoms with Crippen molar-refractivity contribution >= 4 is 44.8 Å². The molecule has 0 N–H and O–H groups in total. The lowest BCUT2D eigenvalue weighted by molar-refractivity contribution is 0.628. The molecule has 0 aliphatic rings. The average Bonchev–Trinajstić information content (AvgIpc) is 3.02. The van der Waals surface area contributed by atoms with Gasteiger partial charge in [-0.3, -0.25) is 0 Å². The molecule has 0 radical (unpaired) electrons. The third-order valence-corrected chi connectivity index (χ3v) is 5.26. The summed E-state index contributed by atoms with van der Waals surface area (Å²) in [5, 5.41) is 3.89. The molecule has 2 nitrogen and oxygen atoms in total. The lowest BCUT2D eigenvalue weighted by Crippen LogP contribution is -1.97. The van der Waals surface area contributed by atoms with Crippen LogP contribution >= 0.6 is 34.5 Å². The van der Waals surface area contributed by atoms with Gasteiger partial charge >= 0.3 is 0 Å². The fourth-order valence-electron chi connectivity index (χ4n) is 2.65. The van der Waals surface area contributed by atoms with Gasteiger partial charge in [0.05, 0.1) is 5.39 Å². The van der Waals surface area contributed by atoms with Crippen molar-refractivity contribution in [2.24, 2.45) is 0 Å². The van der Waals surface area contributed by atoms with Crippen molar-refractivity contribution < 1.29 is 4.39 Å². The summed E-state index contributed by atoms with van der Waals surface area (Å²) in [5.41, 5.74) is 2.88. The summed E-state index contributed by atoms with van der Waals surface area (Å²) >= 11 is 13.9. The monoisotopic (exact) mass is 388 g/mol. The zero-order valence-electron chi connectivity index (χ0n) is 12.8. The van der Waals surface area contributed by atoms with Crippen molar-refractivity contribution in [3.63, 3.8) is 0 Å². The summed E-state index contributed by atoms with van der Waals surface area (Å²) < 4.78 is 13.1. The van der Waals surface area contributed by atoms with Crippen molar-refractivity contribution in [2.75, 3.05) is 0 Å². The maximum Gasteiger partial charge on any atom is 0.142 e. The quantitative estimate of drug-likeness (QED) is 0.379. The van der Waals surface area contributed by atoms with Crippen LogP contribution in [0.15, 0.2) is 53.9 Å². The van der Waals surface area contributed by atoms with E-state index >= 15 is 0 Å². The van der Waals surface area contributed by atoms with Gasteiger partial charge < -0.3 is 0 Å². The highest BCUT2D eigenvalue weighted by molar-refractivity contribution is 7.17. The number of benzene rings is 2. The topological polar surface area (TPSA) is 25.8 Å². The van der Waals surface area contributed by atoms with E-state index in [1.165, 1.54) is 23.5 Å². The van der Waals surface area contributed by atoms with Gasteiger partial charge in [-0.1, -0.05) is 47.5 Å². The van der Waals surface area contributed by atoms with E-state index in [1.54, 1.807) is 12.1 Å². The summed E-state index contributed by atoms with van der Waals surface area (Å²) in [6.07, 6.45) is 0.580. The minimum absolute atomic E-state index is 0.268. The van der Waals surface area contributed by atoms with Gasteiger partial charge in [0, 0.05) is 22.4 Å². The van der Waals surface area contributed by atoms with Gasteiger partial charge in [0.1, 0.15) is 21.6 Å². The predicted octanol–water partition coefficient (Wildman–Crippen LogP) is 6.40. The van der Waals surface area contributed by atoms with Gasteiger partial charge in [-0.25, -0.2) is 14.4 Å². The Morgan fingerprint density at radius 2 is 1.64 bits per heavy atom. The van der Waals surface area contributed by atoms with Crippen LogP contribution in [0.3, 0.4) is 0 Å². The van der Waals surface area contributed by atoms with Crippen LogP contribution in [0.4, 0.5) is 4.39 Å². The Hall–Kier alpha value is -2.01. The predicted molar refractivity (Wildman–Crippen MR) is 102 cm³/mol. The van der Waals surface area contributed by atoms with Crippen molar-refractivity contribution in [2.45, 2.75) is 6.42 Å². The molecular weight excluding hydrogens is 378 g/mol. The fourth-order valence-corrected chi connectivity index (χ4v) is 4.08. The Bertz CT molecular complexity index is 1040.